The molecule has 0 saturated carbocycles. The highest BCUT2D eigenvalue weighted by atomic mass is 15.1. The van der Waals surface area contributed by atoms with Crippen molar-refractivity contribution in [2.45, 2.75) is 19.9 Å². The van der Waals surface area contributed by atoms with Crippen LogP contribution in [0, 0.1) is 0 Å². The van der Waals surface area contributed by atoms with Crippen molar-refractivity contribution in [1.29, 1.82) is 0 Å². The molecular weight excluding hydrogens is 210 g/mol. The molecule has 0 amide bonds. The zero-order valence-corrected chi connectivity index (χ0v) is 11.3. The quantitative estimate of drug-likeness (QED) is 0.784. The number of benzene rings is 1. The summed E-state index contributed by atoms with van der Waals surface area (Å²) in [6.07, 6.45) is 1.18. The van der Waals surface area contributed by atoms with E-state index in [1.54, 1.807) is 0 Å². The number of nitrogens with two attached hydrogens (primary N) is 1. The summed E-state index contributed by atoms with van der Waals surface area (Å²) in [5.74, 6) is 0. The van der Waals surface area contributed by atoms with E-state index in [0.29, 0.717) is 6.54 Å². The van der Waals surface area contributed by atoms with Gasteiger partial charge in [0.1, 0.15) is 0 Å². The molecule has 2 N–H and O–H groups in total. The highest BCUT2D eigenvalue weighted by molar-refractivity contribution is 5.53. The zero-order chi connectivity index (χ0) is 12.7. The molecule has 1 aromatic rings. The van der Waals surface area contributed by atoms with Gasteiger partial charge in [0.25, 0.3) is 0 Å². The predicted octanol–water partition coefficient (Wildman–Crippen LogP) is 1.92. The minimum Gasteiger partial charge on any atom is -0.372 e. The molecule has 0 saturated heterocycles. The van der Waals surface area contributed by atoms with E-state index in [9.17, 15) is 0 Å². The second-order valence-electron chi connectivity index (χ2n) is 4.57. The van der Waals surface area contributed by atoms with Gasteiger partial charge in [0.2, 0.25) is 0 Å². The molecule has 0 heterocycles. The minimum atomic E-state index is 0.611. The maximum Gasteiger partial charge on any atom is 0.0411 e. The van der Waals surface area contributed by atoms with Gasteiger partial charge in [-0.2, -0.15) is 0 Å². The second-order valence-corrected chi connectivity index (χ2v) is 4.57. The summed E-state index contributed by atoms with van der Waals surface area (Å²) in [4.78, 5) is 4.63. The monoisotopic (exact) mass is 235 g/mol. The van der Waals surface area contributed by atoms with E-state index in [2.05, 4.69) is 55.1 Å². The van der Waals surface area contributed by atoms with Gasteiger partial charge in [0.15, 0.2) is 0 Å². The number of hydrogen-bond acceptors (Lipinski definition) is 3. The van der Waals surface area contributed by atoms with Crippen molar-refractivity contribution in [1.82, 2.24) is 4.90 Å². The standard InChI is InChI=1S/C14H25N3/c1-4-17(11-7-10-16(2)3)14-9-6-5-8-13(14)12-15/h5-6,8-9H,4,7,10-12,15H2,1-3H3. The van der Waals surface area contributed by atoms with Crippen LogP contribution in [0.4, 0.5) is 5.69 Å². The fourth-order valence-corrected chi connectivity index (χ4v) is 2.02. The van der Waals surface area contributed by atoms with Crippen molar-refractivity contribution in [3.8, 4) is 0 Å². The SMILES string of the molecule is CCN(CCCN(C)C)c1ccccc1CN. The van der Waals surface area contributed by atoms with Crippen LogP contribution in [-0.2, 0) is 6.54 Å². The van der Waals surface area contributed by atoms with E-state index >= 15 is 0 Å². The molecule has 0 bridgehead atoms. The largest absolute Gasteiger partial charge is 0.372 e. The fourth-order valence-electron chi connectivity index (χ4n) is 2.02. The molecule has 0 unspecified atom stereocenters. The Balaban J connectivity index is 2.65. The van der Waals surface area contributed by atoms with Crippen LogP contribution in [0.25, 0.3) is 0 Å². The van der Waals surface area contributed by atoms with Crippen molar-refractivity contribution in [3.05, 3.63) is 29.8 Å². The molecule has 1 aromatic carbocycles. The number of anilines is 1. The van der Waals surface area contributed by atoms with Gasteiger partial charge in [0.05, 0.1) is 0 Å². The van der Waals surface area contributed by atoms with E-state index in [1.807, 2.05) is 0 Å². The summed E-state index contributed by atoms with van der Waals surface area (Å²) in [7, 11) is 4.23. The van der Waals surface area contributed by atoms with Gasteiger partial charge < -0.3 is 15.5 Å². The molecule has 1 rings (SSSR count). The third kappa shape index (κ3) is 4.36. The molecule has 17 heavy (non-hydrogen) atoms. The zero-order valence-electron chi connectivity index (χ0n) is 11.3. The van der Waals surface area contributed by atoms with Gasteiger partial charge >= 0.3 is 0 Å². The fraction of sp³-hybridized carbons (Fsp3) is 0.571. The van der Waals surface area contributed by atoms with E-state index in [1.165, 1.54) is 17.7 Å². The van der Waals surface area contributed by atoms with Crippen molar-refractivity contribution in [3.63, 3.8) is 0 Å². The number of hydrogen-bond donors (Lipinski definition) is 1. The maximum atomic E-state index is 5.79. The molecular formula is C14H25N3. The molecule has 0 aliphatic carbocycles. The average molecular weight is 235 g/mol. The third-order valence-electron chi connectivity index (χ3n) is 2.97. The van der Waals surface area contributed by atoms with Gasteiger partial charge in [-0.05, 0) is 45.6 Å². The lowest BCUT2D eigenvalue weighted by Crippen LogP contribution is -2.28. The Labute approximate surface area is 105 Å². The Hall–Kier alpha value is -1.06. The molecule has 0 fully saturated rings. The number of rotatable bonds is 7. The topological polar surface area (TPSA) is 32.5 Å². The van der Waals surface area contributed by atoms with Crippen molar-refractivity contribution < 1.29 is 0 Å². The molecule has 0 spiro atoms. The maximum absolute atomic E-state index is 5.79. The lowest BCUT2D eigenvalue weighted by molar-refractivity contribution is 0.400. The van der Waals surface area contributed by atoms with Crippen LogP contribution >= 0.6 is 0 Å². The Morgan fingerprint density at radius 2 is 1.82 bits per heavy atom. The van der Waals surface area contributed by atoms with Crippen LogP contribution in [0.5, 0.6) is 0 Å². The highest BCUT2D eigenvalue weighted by Gasteiger charge is 2.07. The molecule has 96 valence electrons. The average Bonchev–Trinajstić information content (AvgIpc) is 2.34. The summed E-state index contributed by atoms with van der Waals surface area (Å²) in [5.41, 5.74) is 8.31. The van der Waals surface area contributed by atoms with Crippen LogP contribution in [0.3, 0.4) is 0 Å². The minimum absolute atomic E-state index is 0.611. The second kappa shape index (κ2) is 7.30. The molecule has 3 heteroatoms. The van der Waals surface area contributed by atoms with Gasteiger partial charge in [-0.1, -0.05) is 18.2 Å². The summed E-state index contributed by atoms with van der Waals surface area (Å²) in [6.45, 7) is 6.06. The van der Waals surface area contributed by atoms with Crippen LogP contribution in [0.2, 0.25) is 0 Å². The van der Waals surface area contributed by atoms with Gasteiger partial charge in [-0.15, -0.1) is 0 Å². The van der Waals surface area contributed by atoms with Crippen molar-refractivity contribution >= 4 is 5.69 Å². The molecule has 0 aliphatic heterocycles. The summed E-state index contributed by atoms with van der Waals surface area (Å²) in [6, 6.07) is 8.42. The summed E-state index contributed by atoms with van der Waals surface area (Å²) < 4.78 is 0. The number of nitrogens with zero attached hydrogens (tertiary/aromatic N) is 2. The molecule has 0 aromatic heterocycles. The smallest absolute Gasteiger partial charge is 0.0411 e. The van der Waals surface area contributed by atoms with Gasteiger partial charge in [-0.25, -0.2) is 0 Å². The Morgan fingerprint density at radius 1 is 1.12 bits per heavy atom. The van der Waals surface area contributed by atoms with Crippen LogP contribution in [0.15, 0.2) is 24.3 Å². The highest BCUT2D eigenvalue weighted by Crippen LogP contribution is 2.19. The Morgan fingerprint density at radius 3 is 2.41 bits per heavy atom. The normalized spacial score (nSPS) is 10.9. The van der Waals surface area contributed by atoms with E-state index in [4.69, 9.17) is 5.73 Å². The molecule has 3 nitrogen and oxygen atoms in total. The first-order valence-corrected chi connectivity index (χ1v) is 6.36. The lowest BCUT2D eigenvalue weighted by atomic mass is 10.1. The van der Waals surface area contributed by atoms with E-state index in [-0.39, 0.29) is 0 Å². The van der Waals surface area contributed by atoms with Crippen LogP contribution in [0.1, 0.15) is 18.9 Å². The first-order valence-electron chi connectivity index (χ1n) is 6.36. The van der Waals surface area contributed by atoms with Gasteiger partial charge in [-0.3, -0.25) is 0 Å². The van der Waals surface area contributed by atoms with E-state index < -0.39 is 0 Å². The lowest BCUT2D eigenvalue weighted by Gasteiger charge is -2.26. The third-order valence-corrected chi connectivity index (χ3v) is 2.97. The summed E-state index contributed by atoms with van der Waals surface area (Å²) >= 11 is 0. The first kappa shape index (κ1) is 14.0. The van der Waals surface area contributed by atoms with Crippen LogP contribution in [-0.4, -0.2) is 38.6 Å². The first-order chi connectivity index (χ1) is 8.19. The number of para-hydroxylation sites is 1. The molecule has 0 atom stereocenters. The van der Waals surface area contributed by atoms with Gasteiger partial charge in [0, 0.05) is 25.3 Å². The van der Waals surface area contributed by atoms with E-state index in [0.717, 1.165) is 19.6 Å². The van der Waals surface area contributed by atoms with Crippen LogP contribution < -0.4 is 10.6 Å². The Bertz CT molecular complexity index is 323. The van der Waals surface area contributed by atoms with Crippen molar-refractivity contribution in [2.24, 2.45) is 5.73 Å². The summed E-state index contributed by atoms with van der Waals surface area (Å²) in [5, 5.41) is 0. The van der Waals surface area contributed by atoms with Crippen molar-refractivity contribution in [2.75, 3.05) is 38.6 Å². The molecule has 0 aliphatic rings. The Kier molecular flexibility index (Phi) is 6.01. The predicted molar refractivity (Wildman–Crippen MR) is 75.4 cm³/mol. The molecule has 0 radical (unpaired) electrons.